The third-order valence-corrected chi connectivity index (χ3v) is 3.45. The summed E-state index contributed by atoms with van der Waals surface area (Å²) in [6.45, 7) is 1.09. The summed E-state index contributed by atoms with van der Waals surface area (Å²) in [6.07, 6.45) is 6.45. The fourth-order valence-electron chi connectivity index (χ4n) is 2.69. The molecule has 0 N–H and O–H groups in total. The zero-order valence-electron chi connectivity index (χ0n) is 8.65. The van der Waals surface area contributed by atoms with Gasteiger partial charge in [-0.05, 0) is 36.6 Å². The van der Waals surface area contributed by atoms with E-state index in [4.69, 9.17) is 0 Å². The quantitative estimate of drug-likeness (QED) is 0.695. The Morgan fingerprint density at radius 3 is 2.93 bits per heavy atom. The number of hydrogen-bond donors (Lipinski definition) is 0. The maximum absolute atomic E-state index is 13.0. The monoisotopic (exact) mass is 204 g/mol. The van der Waals surface area contributed by atoms with Gasteiger partial charge < -0.3 is 0 Å². The van der Waals surface area contributed by atoms with Gasteiger partial charge in [-0.15, -0.1) is 0 Å². The number of aromatic nitrogens is 1. The third kappa shape index (κ3) is 1.38. The summed E-state index contributed by atoms with van der Waals surface area (Å²) in [5.41, 5.74) is 2.24. The molecule has 2 bridgehead atoms. The van der Waals surface area contributed by atoms with E-state index >= 15 is 0 Å². The topological polar surface area (TPSA) is 16.1 Å². The van der Waals surface area contributed by atoms with E-state index in [0.717, 1.165) is 12.1 Å². The van der Waals surface area contributed by atoms with Crippen molar-refractivity contribution in [1.29, 1.82) is 0 Å². The Morgan fingerprint density at radius 1 is 1.47 bits per heavy atom. The van der Waals surface area contributed by atoms with Gasteiger partial charge in [0.2, 0.25) is 0 Å². The highest BCUT2D eigenvalue weighted by atomic mass is 19.1. The van der Waals surface area contributed by atoms with Crippen molar-refractivity contribution in [3.63, 3.8) is 0 Å². The minimum Gasteiger partial charge on any atom is -0.299 e. The standard InChI is InChI=1S/C12H13FN2/c1-15-7-9-3-11(15)4-12(9)8-2-10(13)6-14-5-8/h2,4-6,9,11H,3,7H2,1H3. The smallest absolute Gasteiger partial charge is 0.142 e. The Hall–Kier alpha value is -1.22. The molecule has 2 unspecified atom stereocenters. The molecule has 78 valence electrons. The molecule has 2 atom stereocenters. The van der Waals surface area contributed by atoms with Crippen LogP contribution in [0.4, 0.5) is 4.39 Å². The average Bonchev–Trinajstić information content (AvgIpc) is 2.76. The van der Waals surface area contributed by atoms with Crippen LogP contribution in [-0.2, 0) is 0 Å². The van der Waals surface area contributed by atoms with E-state index in [-0.39, 0.29) is 5.82 Å². The number of rotatable bonds is 1. The molecule has 3 heteroatoms. The molecule has 2 aliphatic rings. The van der Waals surface area contributed by atoms with Crippen LogP contribution in [0.2, 0.25) is 0 Å². The Labute approximate surface area is 88.4 Å². The number of likely N-dealkylation sites (tertiary alicyclic amines) is 1. The summed E-state index contributed by atoms with van der Waals surface area (Å²) in [5.74, 6) is 0.327. The van der Waals surface area contributed by atoms with Gasteiger partial charge in [0.1, 0.15) is 5.82 Å². The Balaban J connectivity index is 1.97. The molecular formula is C12H13FN2. The third-order valence-electron chi connectivity index (χ3n) is 3.45. The number of likely N-dealkylation sites (N-methyl/N-ethyl adjacent to an activating group) is 1. The highest BCUT2D eigenvalue weighted by Crippen LogP contribution is 2.41. The van der Waals surface area contributed by atoms with E-state index in [9.17, 15) is 4.39 Å². The van der Waals surface area contributed by atoms with Crippen molar-refractivity contribution in [1.82, 2.24) is 9.88 Å². The molecule has 0 aromatic carbocycles. The van der Waals surface area contributed by atoms with E-state index in [2.05, 4.69) is 23.0 Å². The first-order chi connectivity index (χ1) is 7.24. The first-order valence-electron chi connectivity index (χ1n) is 5.27. The van der Waals surface area contributed by atoms with Crippen LogP contribution in [0, 0.1) is 11.7 Å². The zero-order chi connectivity index (χ0) is 10.4. The first-order valence-corrected chi connectivity index (χ1v) is 5.27. The molecule has 0 radical (unpaired) electrons. The van der Waals surface area contributed by atoms with Gasteiger partial charge in [0.25, 0.3) is 0 Å². The largest absolute Gasteiger partial charge is 0.299 e. The molecule has 1 saturated heterocycles. The van der Waals surface area contributed by atoms with E-state index in [1.165, 1.54) is 18.2 Å². The van der Waals surface area contributed by atoms with Crippen molar-refractivity contribution in [3.8, 4) is 0 Å². The number of pyridine rings is 1. The Bertz CT molecular complexity index is 427. The normalized spacial score (nSPS) is 29.6. The zero-order valence-corrected chi connectivity index (χ0v) is 8.65. The summed E-state index contributed by atoms with van der Waals surface area (Å²) in [6, 6.07) is 2.13. The van der Waals surface area contributed by atoms with Crippen molar-refractivity contribution >= 4 is 5.57 Å². The fraction of sp³-hybridized carbons (Fsp3) is 0.417. The summed E-state index contributed by atoms with van der Waals surface area (Å²) in [4.78, 5) is 6.25. The second kappa shape index (κ2) is 3.14. The van der Waals surface area contributed by atoms with Crippen LogP contribution < -0.4 is 0 Å². The highest BCUT2D eigenvalue weighted by Gasteiger charge is 2.37. The summed E-state index contributed by atoms with van der Waals surface area (Å²) >= 11 is 0. The molecule has 15 heavy (non-hydrogen) atoms. The predicted octanol–water partition coefficient (Wildman–Crippen LogP) is 1.94. The average molecular weight is 204 g/mol. The number of fused-ring (bicyclic) bond motifs is 2. The van der Waals surface area contributed by atoms with E-state index in [0.29, 0.717) is 12.0 Å². The van der Waals surface area contributed by atoms with Gasteiger partial charge in [-0.2, -0.15) is 0 Å². The number of hydrogen-bond acceptors (Lipinski definition) is 2. The summed E-state index contributed by atoms with van der Waals surface area (Å²) < 4.78 is 13.0. The molecule has 0 amide bonds. The lowest BCUT2D eigenvalue weighted by Crippen LogP contribution is -2.25. The van der Waals surface area contributed by atoms with Crippen molar-refractivity contribution < 1.29 is 4.39 Å². The number of nitrogens with zero attached hydrogens (tertiary/aromatic N) is 2. The second-order valence-electron chi connectivity index (χ2n) is 4.45. The lowest BCUT2D eigenvalue weighted by Gasteiger charge is -2.21. The molecule has 0 saturated carbocycles. The molecule has 1 fully saturated rings. The van der Waals surface area contributed by atoms with Crippen molar-refractivity contribution in [2.45, 2.75) is 12.5 Å². The van der Waals surface area contributed by atoms with Crippen molar-refractivity contribution in [2.75, 3.05) is 13.6 Å². The summed E-state index contributed by atoms with van der Waals surface area (Å²) in [7, 11) is 2.14. The molecule has 1 aliphatic carbocycles. The minimum atomic E-state index is -0.246. The SMILES string of the molecule is CN1CC2CC1C=C2c1cncc(F)c1. The van der Waals surface area contributed by atoms with Crippen LogP contribution in [0.1, 0.15) is 12.0 Å². The van der Waals surface area contributed by atoms with Crippen LogP contribution in [0.3, 0.4) is 0 Å². The van der Waals surface area contributed by atoms with Gasteiger partial charge in [0.15, 0.2) is 0 Å². The van der Waals surface area contributed by atoms with Crippen LogP contribution in [0.5, 0.6) is 0 Å². The molecule has 1 aromatic rings. The van der Waals surface area contributed by atoms with Gasteiger partial charge >= 0.3 is 0 Å². The maximum Gasteiger partial charge on any atom is 0.142 e. The molecule has 2 nitrogen and oxygen atoms in total. The lowest BCUT2D eigenvalue weighted by atomic mass is 9.97. The van der Waals surface area contributed by atoms with Gasteiger partial charge in [0, 0.05) is 18.8 Å². The van der Waals surface area contributed by atoms with E-state index in [1.807, 2.05) is 0 Å². The fourth-order valence-corrected chi connectivity index (χ4v) is 2.69. The lowest BCUT2D eigenvalue weighted by molar-refractivity contribution is 0.347. The van der Waals surface area contributed by atoms with E-state index in [1.54, 1.807) is 12.3 Å². The minimum absolute atomic E-state index is 0.246. The van der Waals surface area contributed by atoms with Crippen LogP contribution >= 0.6 is 0 Å². The van der Waals surface area contributed by atoms with Crippen molar-refractivity contribution in [2.24, 2.45) is 5.92 Å². The van der Waals surface area contributed by atoms with Gasteiger partial charge in [-0.25, -0.2) is 4.39 Å². The predicted molar refractivity (Wildman–Crippen MR) is 56.7 cm³/mol. The summed E-state index contributed by atoms with van der Waals surface area (Å²) in [5, 5.41) is 0. The molecule has 1 aliphatic heterocycles. The molecule has 2 heterocycles. The molecule has 1 aromatic heterocycles. The highest BCUT2D eigenvalue weighted by molar-refractivity contribution is 5.71. The van der Waals surface area contributed by atoms with Gasteiger partial charge in [0.05, 0.1) is 6.20 Å². The second-order valence-corrected chi connectivity index (χ2v) is 4.45. The molecule has 0 spiro atoms. The van der Waals surface area contributed by atoms with Gasteiger partial charge in [-0.3, -0.25) is 9.88 Å². The molecule has 3 rings (SSSR count). The van der Waals surface area contributed by atoms with Crippen molar-refractivity contribution in [3.05, 3.63) is 35.9 Å². The molecular weight excluding hydrogens is 191 g/mol. The Morgan fingerprint density at radius 2 is 2.33 bits per heavy atom. The number of halogens is 1. The van der Waals surface area contributed by atoms with E-state index < -0.39 is 0 Å². The van der Waals surface area contributed by atoms with Crippen LogP contribution in [-0.4, -0.2) is 29.5 Å². The van der Waals surface area contributed by atoms with Crippen LogP contribution in [0.25, 0.3) is 5.57 Å². The first kappa shape index (κ1) is 9.04. The van der Waals surface area contributed by atoms with Crippen LogP contribution in [0.15, 0.2) is 24.5 Å². The van der Waals surface area contributed by atoms with Gasteiger partial charge in [-0.1, -0.05) is 6.08 Å². The Kier molecular flexibility index (Phi) is 1.89. The maximum atomic E-state index is 13.0.